The molecule has 1 heterocycles. The first kappa shape index (κ1) is 14.2. The molecule has 102 valence electrons. The summed E-state index contributed by atoms with van der Waals surface area (Å²) in [6.45, 7) is 2.06. The number of nitrogens with one attached hydrogen (secondary N) is 1. The molecule has 0 bridgehead atoms. The van der Waals surface area contributed by atoms with Crippen LogP contribution in [0.15, 0.2) is 30.5 Å². The fourth-order valence-corrected chi connectivity index (χ4v) is 2.12. The van der Waals surface area contributed by atoms with Gasteiger partial charge in [-0.1, -0.05) is 17.7 Å². The maximum atomic E-state index is 8.97. The van der Waals surface area contributed by atoms with Gasteiger partial charge in [-0.2, -0.15) is 5.26 Å². The van der Waals surface area contributed by atoms with Crippen molar-refractivity contribution in [1.82, 2.24) is 4.98 Å². The summed E-state index contributed by atoms with van der Waals surface area (Å²) in [4.78, 5) is 6.21. The lowest BCUT2D eigenvalue weighted by Crippen LogP contribution is -2.10. The van der Waals surface area contributed by atoms with Crippen molar-refractivity contribution < 1.29 is 0 Å². The van der Waals surface area contributed by atoms with Gasteiger partial charge in [0.15, 0.2) is 5.82 Å². The highest BCUT2D eigenvalue weighted by Gasteiger charge is 2.08. The quantitative estimate of drug-likeness (QED) is 0.934. The van der Waals surface area contributed by atoms with E-state index in [-0.39, 0.29) is 0 Å². The van der Waals surface area contributed by atoms with Crippen molar-refractivity contribution in [3.8, 4) is 6.07 Å². The third kappa shape index (κ3) is 2.84. The summed E-state index contributed by atoms with van der Waals surface area (Å²) in [5.41, 5.74) is 3.58. The third-order valence-electron chi connectivity index (χ3n) is 2.96. The van der Waals surface area contributed by atoms with Crippen LogP contribution < -0.4 is 10.2 Å². The molecule has 0 amide bonds. The Morgan fingerprint density at radius 1 is 1.30 bits per heavy atom. The molecule has 2 rings (SSSR count). The Kier molecular flexibility index (Phi) is 4.11. The first-order valence-corrected chi connectivity index (χ1v) is 6.50. The van der Waals surface area contributed by atoms with E-state index in [1.54, 1.807) is 12.3 Å². The van der Waals surface area contributed by atoms with E-state index in [1.807, 2.05) is 43.3 Å². The third-order valence-corrected chi connectivity index (χ3v) is 3.35. The molecular weight excluding hydrogens is 272 g/mol. The molecule has 20 heavy (non-hydrogen) atoms. The first-order chi connectivity index (χ1) is 9.52. The SMILES string of the molecule is Cc1ccc(Nc2nccc(C#N)c2Cl)cc1N(C)C. The molecule has 2 aromatic rings. The fraction of sp³-hybridized carbons (Fsp3) is 0.200. The fourth-order valence-electron chi connectivity index (χ4n) is 1.92. The van der Waals surface area contributed by atoms with Gasteiger partial charge >= 0.3 is 0 Å². The average molecular weight is 287 g/mol. The number of nitriles is 1. The number of pyridine rings is 1. The van der Waals surface area contributed by atoms with Crippen molar-refractivity contribution in [3.63, 3.8) is 0 Å². The summed E-state index contributed by atoms with van der Waals surface area (Å²) in [6, 6.07) is 9.64. The van der Waals surface area contributed by atoms with Crippen LogP contribution in [0.25, 0.3) is 0 Å². The Morgan fingerprint density at radius 3 is 2.70 bits per heavy atom. The number of aryl methyl sites for hydroxylation is 1. The van der Waals surface area contributed by atoms with Gasteiger partial charge in [-0.3, -0.25) is 0 Å². The molecule has 0 saturated heterocycles. The first-order valence-electron chi connectivity index (χ1n) is 6.12. The van der Waals surface area contributed by atoms with Crippen LogP contribution in [-0.4, -0.2) is 19.1 Å². The normalized spacial score (nSPS) is 9.95. The molecule has 0 spiro atoms. The smallest absolute Gasteiger partial charge is 0.150 e. The lowest BCUT2D eigenvalue weighted by Gasteiger charge is -2.17. The van der Waals surface area contributed by atoms with Crippen LogP contribution in [0.5, 0.6) is 0 Å². The van der Waals surface area contributed by atoms with Gasteiger partial charge in [-0.05, 0) is 30.7 Å². The number of hydrogen-bond donors (Lipinski definition) is 1. The summed E-state index contributed by atoms with van der Waals surface area (Å²) in [6.07, 6.45) is 1.56. The minimum absolute atomic E-state index is 0.335. The van der Waals surface area contributed by atoms with Gasteiger partial charge in [0.25, 0.3) is 0 Å². The molecule has 0 aliphatic heterocycles. The number of nitrogens with zero attached hydrogens (tertiary/aromatic N) is 3. The van der Waals surface area contributed by atoms with Gasteiger partial charge in [0.2, 0.25) is 0 Å². The molecule has 1 N–H and O–H groups in total. The van der Waals surface area contributed by atoms with Crippen LogP contribution in [0, 0.1) is 18.3 Å². The molecule has 0 aliphatic carbocycles. The summed E-state index contributed by atoms with van der Waals surface area (Å²) >= 11 is 6.13. The van der Waals surface area contributed by atoms with Gasteiger partial charge in [0, 0.05) is 31.7 Å². The van der Waals surface area contributed by atoms with Crippen LogP contribution >= 0.6 is 11.6 Å². The second kappa shape index (κ2) is 5.81. The zero-order chi connectivity index (χ0) is 14.7. The molecule has 0 saturated carbocycles. The summed E-state index contributed by atoms with van der Waals surface area (Å²) in [5, 5.41) is 12.4. The van der Waals surface area contributed by atoms with Crippen molar-refractivity contribution in [3.05, 3.63) is 46.6 Å². The highest BCUT2D eigenvalue weighted by Crippen LogP contribution is 2.28. The number of rotatable bonds is 3. The van der Waals surface area contributed by atoms with Crippen LogP contribution in [0.2, 0.25) is 5.02 Å². The molecule has 0 unspecified atom stereocenters. The average Bonchev–Trinajstić information content (AvgIpc) is 2.43. The van der Waals surface area contributed by atoms with Gasteiger partial charge in [0.1, 0.15) is 11.1 Å². The van der Waals surface area contributed by atoms with Gasteiger partial charge in [0.05, 0.1) is 5.56 Å². The molecule has 1 aromatic carbocycles. The lowest BCUT2D eigenvalue weighted by atomic mass is 10.1. The minimum Gasteiger partial charge on any atom is -0.377 e. The van der Waals surface area contributed by atoms with E-state index in [2.05, 4.69) is 17.2 Å². The molecular formula is C15H15ClN4. The Morgan fingerprint density at radius 2 is 2.05 bits per heavy atom. The van der Waals surface area contributed by atoms with Crippen LogP contribution in [0.4, 0.5) is 17.2 Å². The molecule has 4 nitrogen and oxygen atoms in total. The zero-order valence-electron chi connectivity index (χ0n) is 11.6. The molecule has 0 radical (unpaired) electrons. The van der Waals surface area contributed by atoms with Crippen molar-refractivity contribution in [1.29, 1.82) is 5.26 Å². The number of aromatic nitrogens is 1. The monoisotopic (exact) mass is 286 g/mol. The van der Waals surface area contributed by atoms with Gasteiger partial charge < -0.3 is 10.2 Å². The second-order valence-corrected chi connectivity index (χ2v) is 5.03. The van der Waals surface area contributed by atoms with E-state index < -0.39 is 0 Å². The van der Waals surface area contributed by atoms with Gasteiger partial charge in [-0.15, -0.1) is 0 Å². The van der Waals surface area contributed by atoms with Crippen molar-refractivity contribution in [2.45, 2.75) is 6.92 Å². The van der Waals surface area contributed by atoms with E-state index in [1.165, 1.54) is 5.56 Å². The molecule has 0 atom stereocenters. The molecule has 1 aromatic heterocycles. The number of benzene rings is 1. The standard InChI is InChI=1S/C15H15ClN4/c1-10-4-5-12(8-13(10)20(2)3)19-15-14(16)11(9-17)6-7-18-15/h4-8H,1-3H3,(H,18,19). The largest absolute Gasteiger partial charge is 0.377 e. The van der Waals surface area contributed by atoms with Crippen molar-refractivity contribution in [2.24, 2.45) is 0 Å². The maximum absolute atomic E-state index is 8.97. The second-order valence-electron chi connectivity index (χ2n) is 4.65. The lowest BCUT2D eigenvalue weighted by molar-refractivity contribution is 1.11. The van der Waals surface area contributed by atoms with Crippen LogP contribution in [0.3, 0.4) is 0 Å². The minimum atomic E-state index is 0.335. The topological polar surface area (TPSA) is 52.0 Å². The van der Waals surface area contributed by atoms with Crippen LogP contribution in [-0.2, 0) is 0 Å². The van der Waals surface area contributed by atoms with E-state index >= 15 is 0 Å². The Hall–Kier alpha value is -2.25. The molecule has 0 aliphatic rings. The molecule has 5 heteroatoms. The summed E-state index contributed by atoms with van der Waals surface area (Å²) in [7, 11) is 3.99. The van der Waals surface area contributed by atoms with E-state index in [4.69, 9.17) is 16.9 Å². The number of anilines is 3. The van der Waals surface area contributed by atoms with Crippen molar-refractivity contribution in [2.75, 3.05) is 24.3 Å². The summed E-state index contributed by atoms with van der Waals surface area (Å²) in [5.74, 6) is 0.485. The van der Waals surface area contributed by atoms with Crippen molar-refractivity contribution >= 4 is 28.8 Å². The van der Waals surface area contributed by atoms with E-state index in [0.717, 1.165) is 11.4 Å². The van der Waals surface area contributed by atoms with E-state index in [9.17, 15) is 0 Å². The number of halogens is 1. The molecule has 0 fully saturated rings. The predicted octanol–water partition coefficient (Wildman–Crippen LogP) is 3.72. The van der Waals surface area contributed by atoms with E-state index in [0.29, 0.717) is 16.4 Å². The van der Waals surface area contributed by atoms with Crippen LogP contribution in [0.1, 0.15) is 11.1 Å². The zero-order valence-corrected chi connectivity index (χ0v) is 12.4. The Balaban J connectivity index is 2.36. The highest BCUT2D eigenvalue weighted by molar-refractivity contribution is 6.34. The maximum Gasteiger partial charge on any atom is 0.150 e. The number of hydrogen-bond acceptors (Lipinski definition) is 4. The predicted molar refractivity (Wildman–Crippen MR) is 82.8 cm³/mol. The van der Waals surface area contributed by atoms with Gasteiger partial charge in [-0.25, -0.2) is 4.98 Å². The Bertz CT molecular complexity index is 674. The Labute approximate surface area is 123 Å². The highest BCUT2D eigenvalue weighted by atomic mass is 35.5. The summed E-state index contributed by atoms with van der Waals surface area (Å²) < 4.78 is 0.